The second-order valence-corrected chi connectivity index (χ2v) is 4.09. The number of carbonyl (C=O) groups is 1. The molecule has 1 aromatic heterocycles. The fourth-order valence-corrected chi connectivity index (χ4v) is 1.62. The van der Waals surface area contributed by atoms with Crippen molar-refractivity contribution in [1.29, 1.82) is 0 Å². The first-order chi connectivity index (χ1) is 9.60. The highest BCUT2D eigenvalue weighted by molar-refractivity contribution is 5.90. The van der Waals surface area contributed by atoms with Gasteiger partial charge in [0.25, 0.3) is 0 Å². The van der Waals surface area contributed by atoms with E-state index in [1.165, 1.54) is 10.7 Å². The van der Waals surface area contributed by atoms with Gasteiger partial charge >= 0.3 is 0 Å². The van der Waals surface area contributed by atoms with Crippen molar-refractivity contribution in [1.82, 2.24) is 15.0 Å². The molecule has 0 aliphatic rings. The Morgan fingerprint density at radius 1 is 1.35 bits per heavy atom. The lowest BCUT2D eigenvalue weighted by atomic mass is 10.3. The maximum absolute atomic E-state index is 13.4. The van der Waals surface area contributed by atoms with Crippen molar-refractivity contribution >= 4 is 11.6 Å². The zero-order valence-corrected chi connectivity index (χ0v) is 10.5. The Balaban J connectivity index is 2.01. The minimum Gasteiger partial charge on any atom is -0.330 e. The third-order valence-corrected chi connectivity index (χ3v) is 2.52. The summed E-state index contributed by atoms with van der Waals surface area (Å²) >= 11 is 0. The fourth-order valence-electron chi connectivity index (χ4n) is 1.62. The summed E-state index contributed by atoms with van der Waals surface area (Å²) in [6.07, 6.45) is 2.10. The van der Waals surface area contributed by atoms with Gasteiger partial charge in [0, 0.05) is 12.6 Å². The lowest BCUT2D eigenvalue weighted by Crippen LogP contribution is -2.20. The van der Waals surface area contributed by atoms with E-state index in [0.29, 0.717) is 18.7 Å². The molecule has 6 nitrogen and oxygen atoms in total. The second-order valence-electron chi connectivity index (χ2n) is 4.09. The maximum Gasteiger partial charge on any atom is 0.246 e. The van der Waals surface area contributed by atoms with Crippen LogP contribution in [0, 0.1) is 11.6 Å². The molecular weight excluding hydrogens is 268 g/mol. The first-order valence-electron chi connectivity index (χ1n) is 5.93. The number of para-hydroxylation sites is 1. The van der Waals surface area contributed by atoms with Crippen LogP contribution in [0.15, 0.2) is 24.4 Å². The molecule has 1 aromatic carbocycles. The molecule has 0 unspecified atom stereocenters. The molecule has 20 heavy (non-hydrogen) atoms. The number of hydrogen-bond donors (Lipinski definition) is 2. The number of halogens is 2. The van der Waals surface area contributed by atoms with Gasteiger partial charge in [-0.1, -0.05) is 11.3 Å². The highest BCUT2D eigenvalue weighted by Gasteiger charge is 2.12. The van der Waals surface area contributed by atoms with E-state index in [9.17, 15) is 13.6 Å². The molecule has 3 N–H and O–H groups in total. The zero-order chi connectivity index (χ0) is 14.5. The third-order valence-electron chi connectivity index (χ3n) is 2.52. The van der Waals surface area contributed by atoms with Gasteiger partial charge in [-0.15, -0.1) is 5.10 Å². The molecule has 2 aromatic rings. The maximum atomic E-state index is 13.4. The fraction of sp³-hybridized carbons (Fsp3) is 0.250. The number of nitrogens with zero attached hydrogens (tertiary/aromatic N) is 3. The van der Waals surface area contributed by atoms with Crippen LogP contribution in [-0.2, 0) is 17.8 Å². The molecule has 0 aliphatic heterocycles. The van der Waals surface area contributed by atoms with Gasteiger partial charge in [0.15, 0.2) is 0 Å². The molecule has 0 fully saturated rings. The van der Waals surface area contributed by atoms with Gasteiger partial charge in [0.1, 0.15) is 23.9 Å². The average Bonchev–Trinajstić information content (AvgIpc) is 2.82. The smallest absolute Gasteiger partial charge is 0.246 e. The van der Waals surface area contributed by atoms with Crippen LogP contribution in [0.4, 0.5) is 14.5 Å². The molecule has 0 atom stereocenters. The summed E-state index contributed by atoms with van der Waals surface area (Å²) in [5, 5.41) is 9.70. The van der Waals surface area contributed by atoms with E-state index in [0.717, 1.165) is 12.1 Å². The van der Waals surface area contributed by atoms with Crippen molar-refractivity contribution in [3.8, 4) is 0 Å². The zero-order valence-electron chi connectivity index (χ0n) is 10.5. The summed E-state index contributed by atoms with van der Waals surface area (Å²) < 4.78 is 28.0. The highest BCUT2D eigenvalue weighted by atomic mass is 19.1. The number of carbonyl (C=O) groups excluding carboxylic acids is 1. The van der Waals surface area contributed by atoms with Gasteiger partial charge in [0.2, 0.25) is 5.91 Å². The van der Waals surface area contributed by atoms with E-state index in [-0.39, 0.29) is 6.54 Å². The molecule has 0 bridgehead atoms. The van der Waals surface area contributed by atoms with Crippen molar-refractivity contribution in [3.63, 3.8) is 0 Å². The van der Waals surface area contributed by atoms with Gasteiger partial charge in [-0.25, -0.2) is 13.5 Å². The van der Waals surface area contributed by atoms with E-state index in [1.54, 1.807) is 6.20 Å². The molecule has 1 amide bonds. The number of nitrogens with one attached hydrogen (secondary N) is 1. The van der Waals surface area contributed by atoms with Crippen LogP contribution in [0.5, 0.6) is 0 Å². The lowest BCUT2D eigenvalue weighted by Gasteiger charge is -2.07. The summed E-state index contributed by atoms with van der Waals surface area (Å²) in [6, 6.07) is 3.35. The van der Waals surface area contributed by atoms with Gasteiger partial charge in [-0.05, 0) is 18.7 Å². The molecular formula is C12H13F2N5O. The Morgan fingerprint density at radius 2 is 2.05 bits per heavy atom. The summed E-state index contributed by atoms with van der Waals surface area (Å²) in [7, 11) is 0. The largest absolute Gasteiger partial charge is 0.330 e. The molecule has 0 aliphatic carbocycles. The minimum absolute atomic E-state index is 0.189. The van der Waals surface area contributed by atoms with Crippen molar-refractivity contribution < 1.29 is 13.6 Å². The van der Waals surface area contributed by atoms with Crippen LogP contribution in [0.1, 0.15) is 5.69 Å². The Hall–Kier alpha value is -2.35. The number of anilines is 1. The first-order valence-corrected chi connectivity index (χ1v) is 5.93. The van der Waals surface area contributed by atoms with Crippen LogP contribution in [0.2, 0.25) is 0 Å². The van der Waals surface area contributed by atoms with Crippen LogP contribution >= 0.6 is 0 Å². The highest BCUT2D eigenvalue weighted by Crippen LogP contribution is 2.17. The van der Waals surface area contributed by atoms with E-state index < -0.39 is 23.2 Å². The molecule has 0 saturated carbocycles. The number of amides is 1. The predicted molar refractivity (Wildman–Crippen MR) is 67.8 cm³/mol. The first kappa shape index (κ1) is 14.1. The summed E-state index contributed by atoms with van der Waals surface area (Å²) in [5.41, 5.74) is 5.54. The monoisotopic (exact) mass is 281 g/mol. The minimum atomic E-state index is -0.833. The SMILES string of the molecule is NCCc1cn(CC(=O)Nc2c(F)cccc2F)nn1. The van der Waals surface area contributed by atoms with Crippen LogP contribution in [-0.4, -0.2) is 27.4 Å². The molecule has 2 rings (SSSR count). The van der Waals surface area contributed by atoms with Crippen molar-refractivity contribution in [2.75, 3.05) is 11.9 Å². The molecule has 1 heterocycles. The number of rotatable bonds is 5. The number of aromatic nitrogens is 3. The lowest BCUT2D eigenvalue weighted by molar-refractivity contribution is -0.117. The van der Waals surface area contributed by atoms with Gasteiger partial charge in [-0.3, -0.25) is 4.79 Å². The van der Waals surface area contributed by atoms with Gasteiger partial charge < -0.3 is 11.1 Å². The summed E-state index contributed by atoms with van der Waals surface area (Å²) in [5.74, 6) is -2.26. The molecule has 0 spiro atoms. The molecule has 106 valence electrons. The van der Waals surface area contributed by atoms with Crippen molar-refractivity contribution in [2.45, 2.75) is 13.0 Å². The number of nitrogens with two attached hydrogens (primary N) is 1. The Bertz CT molecular complexity index is 593. The van der Waals surface area contributed by atoms with Crippen LogP contribution < -0.4 is 11.1 Å². The normalized spacial score (nSPS) is 10.6. The van der Waals surface area contributed by atoms with E-state index >= 15 is 0 Å². The van der Waals surface area contributed by atoms with E-state index in [4.69, 9.17) is 5.73 Å². The topological polar surface area (TPSA) is 85.8 Å². The van der Waals surface area contributed by atoms with Crippen LogP contribution in [0.3, 0.4) is 0 Å². The number of hydrogen-bond acceptors (Lipinski definition) is 4. The average molecular weight is 281 g/mol. The molecule has 8 heteroatoms. The Kier molecular flexibility index (Phi) is 4.36. The molecule has 0 saturated heterocycles. The Morgan fingerprint density at radius 3 is 2.70 bits per heavy atom. The quantitative estimate of drug-likeness (QED) is 0.844. The summed E-state index contributed by atoms with van der Waals surface area (Å²) in [4.78, 5) is 11.7. The van der Waals surface area contributed by atoms with Crippen LogP contribution in [0.25, 0.3) is 0 Å². The van der Waals surface area contributed by atoms with Gasteiger partial charge in [0.05, 0.1) is 5.69 Å². The van der Waals surface area contributed by atoms with Crippen molar-refractivity contribution in [2.24, 2.45) is 5.73 Å². The standard InChI is InChI=1S/C12H13F2N5O/c13-9-2-1-3-10(14)12(9)16-11(20)7-19-6-8(4-5-15)17-18-19/h1-3,6H,4-5,7,15H2,(H,16,20). The second kappa shape index (κ2) is 6.20. The Labute approximate surface area is 113 Å². The third kappa shape index (κ3) is 3.35. The summed E-state index contributed by atoms with van der Waals surface area (Å²) in [6.45, 7) is 0.233. The molecule has 0 radical (unpaired) electrons. The van der Waals surface area contributed by atoms with E-state index in [2.05, 4.69) is 15.6 Å². The van der Waals surface area contributed by atoms with E-state index in [1.807, 2.05) is 0 Å². The van der Waals surface area contributed by atoms with Gasteiger partial charge in [-0.2, -0.15) is 0 Å². The predicted octanol–water partition coefficient (Wildman–Crippen LogP) is 0.696. The van der Waals surface area contributed by atoms with Crippen molar-refractivity contribution in [3.05, 3.63) is 41.7 Å². The number of benzene rings is 1.